The van der Waals surface area contributed by atoms with Gasteiger partial charge in [-0.05, 0) is 81.4 Å². The fraction of sp³-hybridized carbons (Fsp3) is 0.152. The third-order valence-corrected chi connectivity index (χ3v) is 9.28. The summed E-state index contributed by atoms with van der Waals surface area (Å²) in [6.45, 7) is 4.72. The van der Waals surface area contributed by atoms with Crippen molar-refractivity contribution in [1.82, 2.24) is 9.44 Å². The Balaban J connectivity index is 1.27. The molecule has 4 amide bonds. The van der Waals surface area contributed by atoms with E-state index in [2.05, 4.69) is 10.6 Å². The van der Waals surface area contributed by atoms with E-state index in [0.29, 0.717) is 0 Å². The summed E-state index contributed by atoms with van der Waals surface area (Å²) < 4.78 is 64.3. The highest BCUT2D eigenvalue weighted by atomic mass is 32.2. The van der Waals surface area contributed by atoms with Crippen molar-refractivity contribution in [3.8, 4) is 0 Å². The number of anilines is 2. The molecule has 0 saturated heterocycles. The van der Waals surface area contributed by atoms with Crippen LogP contribution >= 0.6 is 0 Å². The van der Waals surface area contributed by atoms with Gasteiger partial charge in [-0.3, -0.25) is 0 Å². The minimum atomic E-state index is -4.14. The van der Waals surface area contributed by atoms with E-state index >= 15 is 0 Å². The van der Waals surface area contributed by atoms with E-state index in [1.165, 1.54) is 79.7 Å². The standard InChI is InChI=1S/C33H32N4O10S2/c1-21-10-14-28(15-11-21)48(42,43)36-32(40)34-26-8-4-6-24(18-26)30(38)46-20-23(3)47-31(39)25-7-5-9-27(19-25)35-33(41)37-49(44,45)29-16-12-22(2)13-17-29/h4-19,23H,20H2,1-3H3,(H2,34,36,40)(H2,35,37,41). The second-order valence-corrected chi connectivity index (χ2v) is 14.1. The van der Waals surface area contributed by atoms with Crippen LogP contribution in [0.25, 0.3) is 0 Å². The summed E-state index contributed by atoms with van der Waals surface area (Å²) in [5, 5.41) is 4.71. The zero-order valence-electron chi connectivity index (χ0n) is 26.4. The van der Waals surface area contributed by atoms with Gasteiger partial charge in [0, 0.05) is 11.4 Å². The van der Waals surface area contributed by atoms with E-state index in [4.69, 9.17) is 9.47 Å². The molecule has 0 bridgehead atoms. The van der Waals surface area contributed by atoms with Crippen LogP contribution in [0, 0.1) is 13.8 Å². The predicted octanol–water partition coefficient (Wildman–Crippen LogP) is 4.73. The maximum Gasteiger partial charge on any atom is 0.338 e. The normalized spacial score (nSPS) is 11.8. The molecule has 0 aromatic heterocycles. The van der Waals surface area contributed by atoms with Crippen molar-refractivity contribution >= 4 is 55.4 Å². The van der Waals surface area contributed by atoms with Gasteiger partial charge >= 0.3 is 24.0 Å². The van der Waals surface area contributed by atoms with Gasteiger partial charge in [0.25, 0.3) is 20.0 Å². The molecular weight excluding hydrogens is 677 g/mol. The summed E-state index contributed by atoms with van der Waals surface area (Å²) in [6, 6.07) is 20.9. The molecule has 0 heterocycles. The van der Waals surface area contributed by atoms with Gasteiger partial charge in [-0.2, -0.15) is 0 Å². The van der Waals surface area contributed by atoms with Crippen LogP contribution in [0.4, 0.5) is 21.0 Å². The number of ether oxygens (including phenoxy) is 2. The van der Waals surface area contributed by atoms with Gasteiger partial charge in [0.05, 0.1) is 20.9 Å². The van der Waals surface area contributed by atoms with Crippen LogP contribution in [0.1, 0.15) is 38.8 Å². The molecule has 256 valence electrons. The molecule has 4 rings (SSSR count). The zero-order valence-corrected chi connectivity index (χ0v) is 28.1. The van der Waals surface area contributed by atoms with Crippen LogP contribution in [0.2, 0.25) is 0 Å². The molecule has 16 heteroatoms. The first-order valence-corrected chi connectivity index (χ1v) is 17.5. The number of urea groups is 2. The largest absolute Gasteiger partial charge is 0.458 e. The minimum absolute atomic E-state index is 0.0267. The third-order valence-electron chi connectivity index (χ3n) is 6.59. The lowest BCUT2D eigenvalue weighted by atomic mass is 10.2. The van der Waals surface area contributed by atoms with E-state index in [-0.39, 0.29) is 38.9 Å². The Hall–Kier alpha value is -5.74. The van der Waals surface area contributed by atoms with E-state index < -0.39 is 50.2 Å². The molecule has 0 saturated carbocycles. The first kappa shape index (κ1) is 36.1. The predicted molar refractivity (Wildman–Crippen MR) is 179 cm³/mol. The lowest BCUT2D eigenvalue weighted by Gasteiger charge is -2.15. The number of benzene rings is 4. The zero-order chi connectivity index (χ0) is 35.8. The number of nitrogens with one attached hydrogen (secondary N) is 4. The van der Waals surface area contributed by atoms with E-state index in [9.17, 15) is 36.0 Å². The quantitative estimate of drug-likeness (QED) is 0.158. The molecule has 14 nitrogen and oxygen atoms in total. The molecular formula is C33H32N4O10S2. The molecule has 0 fully saturated rings. The van der Waals surface area contributed by atoms with E-state index in [0.717, 1.165) is 11.1 Å². The molecule has 1 atom stereocenters. The van der Waals surface area contributed by atoms with Crippen LogP contribution in [0.5, 0.6) is 0 Å². The van der Waals surface area contributed by atoms with E-state index in [1.54, 1.807) is 38.1 Å². The molecule has 0 radical (unpaired) electrons. The molecule has 4 aromatic rings. The van der Waals surface area contributed by atoms with Crippen LogP contribution in [0.3, 0.4) is 0 Å². The first-order chi connectivity index (χ1) is 23.1. The van der Waals surface area contributed by atoms with Crippen LogP contribution < -0.4 is 20.1 Å². The van der Waals surface area contributed by atoms with Gasteiger partial charge in [-0.15, -0.1) is 0 Å². The van der Waals surface area contributed by atoms with Crippen molar-refractivity contribution in [2.75, 3.05) is 17.2 Å². The second kappa shape index (κ2) is 15.4. The summed E-state index contributed by atoms with van der Waals surface area (Å²) in [6.07, 6.45) is -0.907. The average molecular weight is 709 g/mol. The fourth-order valence-corrected chi connectivity index (χ4v) is 5.93. The Morgan fingerprint density at radius 1 is 0.612 bits per heavy atom. The summed E-state index contributed by atoms with van der Waals surface area (Å²) >= 11 is 0. The number of aryl methyl sites for hydroxylation is 2. The molecule has 4 N–H and O–H groups in total. The number of hydrogen-bond donors (Lipinski definition) is 4. The molecule has 0 aliphatic carbocycles. The lowest BCUT2D eigenvalue weighted by molar-refractivity contribution is 0.00449. The maximum atomic E-state index is 12.7. The van der Waals surface area contributed by atoms with E-state index in [1.807, 2.05) is 9.44 Å². The number of esters is 2. The maximum absolute atomic E-state index is 12.7. The summed E-state index contributed by atoms with van der Waals surface area (Å²) in [5.41, 5.74) is 1.97. The number of sulfonamides is 2. The lowest BCUT2D eigenvalue weighted by Crippen LogP contribution is -2.34. The number of rotatable bonds is 11. The minimum Gasteiger partial charge on any atom is -0.458 e. The SMILES string of the molecule is Cc1ccc(S(=O)(=O)NC(=O)Nc2cccc(C(=O)OCC(C)OC(=O)c3cccc(NC(=O)NS(=O)(=O)c4ccc(C)cc4)c3)c2)cc1. The van der Waals surface area contributed by atoms with Gasteiger partial charge in [-0.25, -0.2) is 45.5 Å². The van der Waals surface area contributed by atoms with Gasteiger partial charge < -0.3 is 20.1 Å². The highest BCUT2D eigenvalue weighted by Crippen LogP contribution is 2.16. The van der Waals surface area contributed by atoms with Crippen molar-refractivity contribution < 1.29 is 45.5 Å². The van der Waals surface area contributed by atoms with Gasteiger partial charge in [0.1, 0.15) is 12.7 Å². The molecule has 1 unspecified atom stereocenters. The number of amides is 4. The van der Waals surface area contributed by atoms with Crippen molar-refractivity contribution in [3.05, 3.63) is 119 Å². The third kappa shape index (κ3) is 10.4. The second-order valence-electron chi connectivity index (χ2n) is 10.7. The molecule has 0 aliphatic heterocycles. The van der Waals surface area contributed by atoms with Crippen molar-refractivity contribution in [3.63, 3.8) is 0 Å². The average Bonchev–Trinajstić information content (AvgIpc) is 3.03. The Morgan fingerprint density at radius 2 is 1.02 bits per heavy atom. The smallest absolute Gasteiger partial charge is 0.338 e. The number of carbonyl (C=O) groups excluding carboxylic acids is 4. The molecule has 4 aromatic carbocycles. The highest BCUT2D eigenvalue weighted by molar-refractivity contribution is 7.90. The Labute approximate surface area is 282 Å². The van der Waals surface area contributed by atoms with Gasteiger partial charge in [0.2, 0.25) is 0 Å². The van der Waals surface area contributed by atoms with Gasteiger partial charge in [0.15, 0.2) is 0 Å². The van der Waals surface area contributed by atoms with Crippen LogP contribution in [-0.4, -0.2) is 53.5 Å². The fourth-order valence-electron chi connectivity index (χ4n) is 4.12. The Kier molecular flexibility index (Phi) is 11.4. The number of carbonyl (C=O) groups is 4. The van der Waals surface area contributed by atoms with Gasteiger partial charge in [-0.1, -0.05) is 47.5 Å². The Bertz CT molecular complexity index is 2080. The highest BCUT2D eigenvalue weighted by Gasteiger charge is 2.20. The molecule has 49 heavy (non-hydrogen) atoms. The molecule has 0 spiro atoms. The van der Waals surface area contributed by atoms with Crippen molar-refractivity contribution in [2.24, 2.45) is 0 Å². The van der Waals surface area contributed by atoms with Crippen molar-refractivity contribution in [2.45, 2.75) is 36.7 Å². The van der Waals surface area contributed by atoms with Crippen LogP contribution in [0.15, 0.2) is 107 Å². The Morgan fingerprint density at radius 3 is 1.45 bits per heavy atom. The van der Waals surface area contributed by atoms with Crippen LogP contribution in [-0.2, 0) is 29.5 Å². The molecule has 0 aliphatic rings. The van der Waals surface area contributed by atoms with Crippen molar-refractivity contribution in [1.29, 1.82) is 0 Å². The first-order valence-electron chi connectivity index (χ1n) is 14.5. The summed E-state index contributed by atoms with van der Waals surface area (Å²) in [5.74, 6) is -1.62. The monoisotopic (exact) mass is 708 g/mol. The summed E-state index contributed by atoms with van der Waals surface area (Å²) in [4.78, 5) is 49.9. The topological polar surface area (TPSA) is 203 Å². The summed E-state index contributed by atoms with van der Waals surface area (Å²) in [7, 11) is -8.27. The number of hydrogen-bond acceptors (Lipinski definition) is 10.